The Hall–Kier alpha value is -4.56. The van der Waals surface area contributed by atoms with Gasteiger partial charge in [0.1, 0.15) is 35.5 Å². The van der Waals surface area contributed by atoms with Crippen molar-refractivity contribution in [2.45, 2.75) is 19.0 Å². The van der Waals surface area contributed by atoms with Crippen molar-refractivity contribution in [1.29, 1.82) is 0 Å². The molecular formula is C23H18F6N8O. The highest BCUT2D eigenvalue weighted by Crippen LogP contribution is 2.40. The van der Waals surface area contributed by atoms with Crippen LogP contribution in [0, 0.1) is 17.6 Å². The van der Waals surface area contributed by atoms with E-state index in [2.05, 4.69) is 25.4 Å². The maximum Gasteiger partial charge on any atom is 0.405 e. The predicted molar refractivity (Wildman–Crippen MR) is 125 cm³/mol. The molecule has 198 valence electrons. The third kappa shape index (κ3) is 4.62. The van der Waals surface area contributed by atoms with Crippen LogP contribution in [0.25, 0.3) is 16.6 Å². The molecule has 9 nitrogen and oxygen atoms in total. The zero-order valence-electron chi connectivity index (χ0n) is 19.4. The van der Waals surface area contributed by atoms with E-state index in [-0.39, 0.29) is 45.1 Å². The van der Waals surface area contributed by atoms with Crippen molar-refractivity contribution >= 4 is 34.2 Å². The Morgan fingerprint density at radius 1 is 1.21 bits per heavy atom. The summed E-state index contributed by atoms with van der Waals surface area (Å²) in [6.45, 7) is 0.114. The summed E-state index contributed by atoms with van der Waals surface area (Å²) < 4.78 is 82.2. The minimum atomic E-state index is -4.65. The van der Waals surface area contributed by atoms with E-state index in [4.69, 9.17) is 5.73 Å². The summed E-state index contributed by atoms with van der Waals surface area (Å²) >= 11 is 0. The molecule has 1 amide bonds. The van der Waals surface area contributed by atoms with E-state index in [1.165, 1.54) is 16.8 Å². The van der Waals surface area contributed by atoms with E-state index in [0.717, 1.165) is 18.5 Å². The normalized spacial score (nSPS) is 18.0. The molecule has 5 rings (SSSR count). The smallest absolute Gasteiger partial charge is 0.382 e. The molecule has 0 spiro atoms. The molecule has 3 aromatic heterocycles. The number of nitrogens with one attached hydrogen (secondary N) is 3. The summed E-state index contributed by atoms with van der Waals surface area (Å²) in [5.41, 5.74) is 5.96. The Bertz CT molecular complexity index is 1640. The third-order valence-electron chi connectivity index (χ3n) is 6.01. The molecule has 2 unspecified atom stereocenters. The van der Waals surface area contributed by atoms with Gasteiger partial charge in [0.05, 0.1) is 16.8 Å². The number of rotatable bonds is 5. The average Bonchev–Trinajstić information content (AvgIpc) is 3.41. The third-order valence-corrected chi connectivity index (χ3v) is 6.01. The quantitative estimate of drug-likeness (QED) is 0.281. The SMILES string of the molecule is CC1C=C(Nc2nc3c(F)cc(F)cc3[nH]2)C(F)=CC1c1c(C(=O)NCC(F)(F)F)cn2ncnc(N)c12. The lowest BCUT2D eigenvalue weighted by molar-refractivity contribution is -0.123. The number of nitrogens with zero attached hydrogens (tertiary/aromatic N) is 4. The number of nitrogens with two attached hydrogens (primary N) is 1. The lowest BCUT2D eigenvalue weighted by Crippen LogP contribution is -2.34. The fourth-order valence-corrected chi connectivity index (χ4v) is 4.37. The molecule has 15 heteroatoms. The highest BCUT2D eigenvalue weighted by Gasteiger charge is 2.33. The number of allylic oxidation sites excluding steroid dienone is 3. The molecule has 38 heavy (non-hydrogen) atoms. The molecule has 0 saturated carbocycles. The van der Waals surface area contributed by atoms with E-state index >= 15 is 4.39 Å². The summed E-state index contributed by atoms with van der Waals surface area (Å²) in [7, 11) is 0. The van der Waals surface area contributed by atoms with Gasteiger partial charge in [-0.05, 0) is 18.1 Å². The number of nitrogen functional groups attached to an aromatic ring is 1. The van der Waals surface area contributed by atoms with Gasteiger partial charge in [0, 0.05) is 23.7 Å². The number of fused-ring (bicyclic) bond motifs is 2. The Morgan fingerprint density at radius 2 is 1.97 bits per heavy atom. The van der Waals surface area contributed by atoms with Gasteiger partial charge in [-0.1, -0.05) is 13.0 Å². The summed E-state index contributed by atoms with van der Waals surface area (Å²) in [6, 6.07) is 1.70. The first kappa shape index (κ1) is 25.1. The van der Waals surface area contributed by atoms with Crippen molar-refractivity contribution in [2.75, 3.05) is 17.6 Å². The first-order valence-corrected chi connectivity index (χ1v) is 11.1. The van der Waals surface area contributed by atoms with Crippen molar-refractivity contribution in [1.82, 2.24) is 29.9 Å². The Morgan fingerprint density at radius 3 is 2.71 bits per heavy atom. The van der Waals surface area contributed by atoms with Crippen LogP contribution in [-0.4, -0.2) is 43.2 Å². The zero-order chi connectivity index (χ0) is 27.4. The second kappa shape index (κ2) is 9.08. The zero-order valence-corrected chi connectivity index (χ0v) is 19.4. The topological polar surface area (TPSA) is 126 Å². The summed E-state index contributed by atoms with van der Waals surface area (Å²) in [5.74, 6) is -5.06. The molecular weight excluding hydrogens is 518 g/mol. The van der Waals surface area contributed by atoms with Gasteiger partial charge in [-0.2, -0.15) is 18.3 Å². The van der Waals surface area contributed by atoms with Crippen LogP contribution >= 0.6 is 0 Å². The number of hydrogen-bond donors (Lipinski definition) is 4. The second-order valence-electron chi connectivity index (χ2n) is 8.67. The molecule has 5 N–H and O–H groups in total. The minimum Gasteiger partial charge on any atom is -0.382 e. The molecule has 1 aromatic carbocycles. The maximum atomic E-state index is 15.3. The van der Waals surface area contributed by atoms with E-state index in [1.807, 2.05) is 5.32 Å². The summed E-state index contributed by atoms with van der Waals surface area (Å²) in [4.78, 5) is 23.3. The number of hydrogen-bond acceptors (Lipinski definition) is 6. The van der Waals surface area contributed by atoms with Crippen LogP contribution < -0.4 is 16.4 Å². The number of carbonyl (C=O) groups is 1. The standard InChI is InChI=1S/C23H18F6N8O/c1-9-2-15(34-22-35-16-4-10(24)3-14(26)18(16)36-22)13(25)5-11(9)17-12(21(38)31-7-23(27,28)29)6-37-19(17)20(30)32-8-33-37/h2-6,8-9,11H,7H2,1H3,(H,31,38)(H2,30,32,33)(H2,34,35,36). The highest BCUT2D eigenvalue weighted by atomic mass is 19.4. The molecule has 0 radical (unpaired) electrons. The Labute approximate surface area is 209 Å². The molecule has 0 aliphatic heterocycles. The van der Waals surface area contributed by atoms with Crippen LogP contribution in [0.2, 0.25) is 0 Å². The monoisotopic (exact) mass is 536 g/mol. The average molecular weight is 536 g/mol. The molecule has 1 aliphatic carbocycles. The fourth-order valence-electron chi connectivity index (χ4n) is 4.37. The van der Waals surface area contributed by atoms with Gasteiger partial charge >= 0.3 is 6.18 Å². The van der Waals surface area contributed by atoms with Crippen molar-refractivity contribution in [3.05, 3.63) is 71.1 Å². The predicted octanol–water partition coefficient (Wildman–Crippen LogP) is 4.34. The van der Waals surface area contributed by atoms with Gasteiger partial charge in [0.2, 0.25) is 5.95 Å². The summed E-state index contributed by atoms with van der Waals surface area (Å²) in [5, 5.41) is 8.47. The molecule has 0 bridgehead atoms. The second-order valence-corrected chi connectivity index (χ2v) is 8.67. The molecule has 2 atom stereocenters. The van der Waals surface area contributed by atoms with E-state index in [0.29, 0.717) is 6.07 Å². The van der Waals surface area contributed by atoms with Crippen molar-refractivity contribution in [2.24, 2.45) is 5.92 Å². The molecule has 0 fully saturated rings. The number of halogens is 6. The number of amides is 1. The number of imidazole rings is 1. The highest BCUT2D eigenvalue weighted by molar-refractivity contribution is 5.99. The molecule has 0 saturated heterocycles. The minimum absolute atomic E-state index is 0.0514. The van der Waals surface area contributed by atoms with Crippen molar-refractivity contribution in [3.8, 4) is 0 Å². The number of H-pyrrole nitrogens is 1. The van der Waals surface area contributed by atoms with Crippen LogP contribution in [0.4, 0.5) is 38.1 Å². The lowest BCUT2D eigenvalue weighted by atomic mass is 9.81. The molecule has 4 aromatic rings. The largest absolute Gasteiger partial charge is 0.405 e. The van der Waals surface area contributed by atoms with Gasteiger partial charge in [-0.3, -0.25) is 4.79 Å². The van der Waals surface area contributed by atoms with Crippen LogP contribution in [0.1, 0.15) is 28.8 Å². The number of carbonyl (C=O) groups excluding carboxylic acids is 1. The number of aromatic amines is 1. The first-order chi connectivity index (χ1) is 17.9. The van der Waals surface area contributed by atoms with Gasteiger partial charge in [0.15, 0.2) is 11.6 Å². The van der Waals surface area contributed by atoms with E-state index in [1.54, 1.807) is 6.92 Å². The van der Waals surface area contributed by atoms with Crippen molar-refractivity contribution < 1.29 is 31.1 Å². The maximum absolute atomic E-state index is 15.3. The van der Waals surface area contributed by atoms with Gasteiger partial charge in [-0.25, -0.2) is 27.7 Å². The van der Waals surface area contributed by atoms with Crippen LogP contribution in [-0.2, 0) is 0 Å². The molecule has 1 aliphatic rings. The van der Waals surface area contributed by atoms with Gasteiger partial charge in [-0.15, -0.1) is 0 Å². The van der Waals surface area contributed by atoms with E-state index in [9.17, 15) is 26.7 Å². The van der Waals surface area contributed by atoms with Crippen LogP contribution in [0.15, 0.2) is 48.3 Å². The lowest BCUT2D eigenvalue weighted by Gasteiger charge is -2.25. The Kier molecular flexibility index (Phi) is 6.00. The van der Waals surface area contributed by atoms with Gasteiger partial charge < -0.3 is 21.4 Å². The first-order valence-electron chi connectivity index (χ1n) is 11.1. The molecule has 3 heterocycles. The van der Waals surface area contributed by atoms with Crippen LogP contribution in [0.5, 0.6) is 0 Å². The number of benzene rings is 1. The summed E-state index contributed by atoms with van der Waals surface area (Å²) in [6.07, 6.45) is 0.288. The number of alkyl halides is 3. The van der Waals surface area contributed by atoms with Crippen LogP contribution in [0.3, 0.4) is 0 Å². The number of anilines is 2. The van der Waals surface area contributed by atoms with Gasteiger partial charge in [0.25, 0.3) is 5.91 Å². The number of aromatic nitrogens is 5. The van der Waals surface area contributed by atoms with Crippen molar-refractivity contribution in [3.63, 3.8) is 0 Å². The Balaban J connectivity index is 1.50. The fraction of sp³-hybridized carbons (Fsp3) is 0.217. The van der Waals surface area contributed by atoms with E-state index < -0.39 is 47.9 Å².